The van der Waals surface area contributed by atoms with Crippen molar-refractivity contribution < 1.29 is 23.5 Å². The van der Waals surface area contributed by atoms with Crippen molar-refractivity contribution in [2.24, 2.45) is 0 Å². The number of amides is 3. The van der Waals surface area contributed by atoms with Crippen molar-refractivity contribution in [1.82, 2.24) is 4.90 Å². The summed E-state index contributed by atoms with van der Waals surface area (Å²) in [4.78, 5) is 38.7. The average molecular weight is 545 g/mol. The number of nitrogens with one attached hydrogen (secondary N) is 1. The van der Waals surface area contributed by atoms with Gasteiger partial charge >= 0.3 is 0 Å². The van der Waals surface area contributed by atoms with Gasteiger partial charge in [0.05, 0.1) is 9.93 Å². The van der Waals surface area contributed by atoms with Crippen LogP contribution in [0.25, 0.3) is 6.08 Å². The molecule has 0 aliphatic carbocycles. The molecule has 1 aliphatic rings. The third-order valence-electron chi connectivity index (χ3n) is 5.23. The fourth-order valence-electron chi connectivity index (χ4n) is 3.32. The zero-order chi connectivity index (χ0) is 25.8. The van der Waals surface area contributed by atoms with Crippen molar-refractivity contribution in [3.63, 3.8) is 0 Å². The van der Waals surface area contributed by atoms with Gasteiger partial charge < -0.3 is 10.1 Å². The van der Waals surface area contributed by atoms with Crippen LogP contribution < -0.4 is 10.1 Å². The first-order chi connectivity index (χ1) is 17.2. The lowest BCUT2D eigenvalue weighted by molar-refractivity contribution is -0.127. The summed E-state index contributed by atoms with van der Waals surface area (Å²) in [5.41, 5.74) is 2.15. The first-order valence-electron chi connectivity index (χ1n) is 10.7. The standard InChI is InChI=1S/C26H19Cl2FN2O4S/c1-15-8-9-17(12-21(15)28)30-24(32)13-31-25(33)23(36-26(31)34)11-16-4-2-5-18(10-16)35-14-19-20(27)6-3-7-22(19)29/h2-12H,13-14H2,1H3,(H,30,32)/b23-11+. The Morgan fingerprint density at radius 1 is 1.08 bits per heavy atom. The molecule has 0 atom stereocenters. The molecule has 3 aromatic carbocycles. The predicted octanol–water partition coefficient (Wildman–Crippen LogP) is 6.69. The van der Waals surface area contributed by atoms with Gasteiger partial charge in [-0.2, -0.15) is 0 Å². The van der Waals surface area contributed by atoms with Gasteiger partial charge in [-0.05, 0) is 72.3 Å². The molecule has 0 unspecified atom stereocenters. The zero-order valence-electron chi connectivity index (χ0n) is 18.9. The Kier molecular flexibility index (Phi) is 7.98. The number of carbonyl (C=O) groups excluding carboxylic acids is 3. The number of hydrogen-bond acceptors (Lipinski definition) is 5. The first-order valence-corrected chi connectivity index (χ1v) is 12.3. The Labute approximate surface area is 221 Å². The van der Waals surface area contributed by atoms with Crippen LogP contribution in [-0.4, -0.2) is 28.5 Å². The Hall–Kier alpha value is -3.33. The molecule has 0 radical (unpaired) electrons. The van der Waals surface area contributed by atoms with Crippen LogP contribution in [0.1, 0.15) is 16.7 Å². The van der Waals surface area contributed by atoms with Crippen LogP contribution in [0.5, 0.6) is 5.75 Å². The van der Waals surface area contributed by atoms with Gasteiger partial charge in [0.15, 0.2) is 0 Å². The van der Waals surface area contributed by atoms with Gasteiger partial charge in [-0.25, -0.2) is 4.39 Å². The highest BCUT2D eigenvalue weighted by Gasteiger charge is 2.36. The monoisotopic (exact) mass is 544 g/mol. The smallest absolute Gasteiger partial charge is 0.294 e. The molecule has 1 saturated heterocycles. The summed E-state index contributed by atoms with van der Waals surface area (Å²) in [7, 11) is 0. The summed E-state index contributed by atoms with van der Waals surface area (Å²) >= 11 is 12.9. The molecule has 1 aliphatic heterocycles. The van der Waals surface area contributed by atoms with E-state index in [-0.39, 0.29) is 22.1 Å². The number of halogens is 3. The highest BCUT2D eigenvalue weighted by Crippen LogP contribution is 2.33. The average Bonchev–Trinajstić information content (AvgIpc) is 3.08. The lowest BCUT2D eigenvalue weighted by Gasteiger charge is -2.13. The first kappa shape index (κ1) is 25.8. The molecule has 4 rings (SSSR count). The van der Waals surface area contributed by atoms with E-state index in [9.17, 15) is 18.8 Å². The lowest BCUT2D eigenvalue weighted by Crippen LogP contribution is -2.36. The van der Waals surface area contributed by atoms with Gasteiger partial charge in [0.2, 0.25) is 5.91 Å². The van der Waals surface area contributed by atoms with Crippen molar-refractivity contribution in [2.45, 2.75) is 13.5 Å². The van der Waals surface area contributed by atoms with Crippen LogP contribution in [0.4, 0.5) is 14.9 Å². The van der Waals surface area contributed by atoms with Crippen LogP contribution in [0.2, 0.25) is 10.0 Å². The molecular weight excluding hydrogens is 526 g/mol. The summed E-state index contributed by atoms with van der Waals surface area (Å²) in [5, 5.41) is 2.83. The number of carbonyl (C=O) groups is 3. The third kappa shape index (κ3) is 6.07. The van der Waals surface area contributed by atoms with E-state index in [1.165, 1.54) is 18.2 Å². The van der Waals surface area contributed by atoms with E-state index in [1.54, 1.807) is 48.5 Å². The molecule has 10 heteroatoms. The molecule has 36 heavy (non-hydrogen) atoms. The van der Waals surface area contributed by atoms with Crippen LogP contribution in [0.15, 0.2) is 65.6 Å². The van der Waals surface area contributed by atoms with Gasteiger partial charge in [-0.3, -0.25) is 19.3 Å². The number of nitrogens with zero attached hydrogens (tertiary/aromatic N) is 1. The molecule has 6 nitrogen and oxygen atoms in total. The summed E-state index contributed by atoms with van der Waals surface area (Å²) < 4.78 is 19.6. The molecule has 1 fully saturated rings. The minimum Gasteiger partial charge on any atom is -0.489 e. The maximum absolute atomic E-state index is 14.0. The second-order valence-electron chi connectivity index (χ2n) is 7.84. The number of ether oxygens (including phenoxy) is 1. The Bertz CT molecular complexity index is 1380. The van der Waals surface area contributed by atoms with Crippen LogP contribution in [0.3, 0.4) is 0 Å². The van der Waals surface area contributed by atoms with Crippen molar-refractivity contribution in [2.75, 3.05) is 11.9 Å². The second kappa shape index (κ2) is 11.2. The fourth-order valence-corrected chi connectivity index (χ4v) is 4.56. The van der Waals surface area contributed by atoms with E-state index in [4.69, 9.17) is 27.9 Å². The molecule has 1 N–H and O–H groups in total. The lowest BCUT2D eigenvalue weighted by atomic mass is 10.2. The molecule has 1 heterocycles. The number of imide groups is 1. The second-order valence-corrected chi connectivity index (χ2v) is 9.65. The SMILES string of the molecule is Cc1ccc(NC(=O)CN2C(=O)S/C(=C/c3cccc(OCc4c(F)cccc4Cl)c3)C2=O)cc1Cl. The van der Waals surface area contributed by atoms with Gasteiger partial charge in [-0.1, -0.05) is 47.5 Å². The van der Waals surface area contributed by atoms with Gasteiger partial charge in [0.25, 0.3) is 11.1 Å². The Balaban J connectivity index is 1.41. The Morgan fingerprint density at radius 3 is 2.61 bits per heavy atom. The third-order valence-corrected chi connectivity index (χ3v) is 6.90. The number of thioether (sulfide) groups is 1. The van der Waals surface area contributed by atoms with Gasteiger partial charge in [0, 0.05) is 16.3 Å². The highest BCUT2D eigenvalue weighted by atomic mass is 35.5. The van der Waals surface area contributed by atoms with Gasteiger partial charge in [-0.15, -0.1) is 0 Å². The van der Waals surface area contributed by atoms with E-state index in [1.807, 2.05) is 6.92 Å². The van der Waals surface area contributed by atoms with Crippen molar-refractivity contribution in [3.05, 3.63) is 98.1 Å². The quantitative estimate of drug-likeness (QED) is 0.335. The summed E-state index contributed by atoms with van der Waals surface area (Å²) in [5.74, 6) is -1.15. The Morgan fingerprint density at radius 2 is 1.86 bits per heavy atom. The molecule has 0 bridgehead atoms. The van der Waals surface area contributed by atoms with Crippen LogP contribution in [-0.2, 0) is 16.2 Å². The largest absolute Gasteiger partial charge is 0.489 e. The summed E-state index contributed by atoms with van der Waals surface area (Å²) in [6.07, 6.45) is 1.53. The molecule has 0 aromatic heterocycles. The van der Waals surface area contributed by atoms with Crippen LogP contribution >= 0.6 is 35.0 Å². The highest BCUT2D eigenvalue weighted by molar-refractivity contribution is 8.18. The van der Waals surface area contributed by atoms with E-state index in [0.29, 0.717) is 22.0 Å². The number of rotatable bonds is 7. The van der Waals surface area contributed by atoms with E-state index >= 15 is 0 Å². The normalized spacial score (nSPS) is 14.4. The molecule has 0 spiro atoms. The van der Waals surface area contributed by atoms with Crippen molar-refractivity contribution in [3.8, 4) is 5.75 Å². The molecule has 0 saturated carbocycles. The molecule has 3 aromatic rings. The summed E-state index contributed by atoms with van der Waals surface area (Å²) in [6, 6.07) is 16.2. The minimum absolute atomic E-state index is 0.0766. The predicted molar refractivity (Wildman–Crippen MR) is 140 cm³/mol. The number of benzene rings is 3. The maximum atomic E-state index is 14.0. The van der Waals surface area contributed by atoms with E-state index < -0.39 is 29.4 Å². The molecular formula is C26H19Cl2FN2O4S. The molecule has 184 valence electrons. The summed E-state index contributed by atoms with van der Waals surface area (Å²) in [6.45, 7) is 1.33. The number of aryl methyl sites for hydroxylation is 1. The zero-order valence-corrected chi connectivity index (χ0v) is 21.2. The number of hydrogen-bond donors (Lipinski definition) is 1. The topological polar surface area (TPSA) is 75.7 Å². The maximum Gasteiger partial charge on any atom is 0.294 e. The van der Waals surface area contributed by atoms with E-state index in [0.717, 1.165) is 22.2 Å². The van der Waals surface area contributed by atoms with E-state index in [2.05, 4.69) is 5.32 Å². The fraction of sp³-hybridized carbons (Fsp3) is 0.115. The minimum atomic E-state index is -0.577. The van der Waals surface area contributed by atoms with Crippen molar-refractivity contribution >= 4 is 63.8 Å². The van der Waals surface area contributed by atoms with Crippen LogP contribution in [0, 0.1) is 12.7 Å². The number of anilines is 1. The van der Waals surface area contributed by atoms with Crippen molar-refractivity contribution in [1.29, 1.82) is 0 Å². The molecule has 3 amide bonds. The van der Waals surface area contributed by atoms with Gasteiger partial charge in [0.1, 0.15) is 24.7 Å².